The number of hydrogen-bond acceptors (Lipinski definition) is 7. The van der Waals surface area contributed by atoms with Crippen molar-refractivity contribution in [2.24, 2.45) is 0 Å². The second-order valence-corrected chi connectivity index (χ2v) is 10.1. The first kappa shape index (κ1) is 21.9. The number of piperazine rings is 1. The number of hydrogen-bond donors (Lipinski definition) is 0. The number of aromatic nitrogens is 1. The minimum Gasteiger partial charge on any atom is -0.493 e. The highest BCUT2D eigenvalue weighted by molar-refractivity contribution is 7.89. The summed E-state index contributed by atoms with van der Waals surface area (Å²) < 4.78 is 38.2. The van der Waals surface area contributed by atoms with Crippen LogP contribution in [0.5, 0.6) is 11.5 Å². The maximum atomic E-state index is 13.1. The van der Waals surface area contributed by atoms with Crippen molar-refractivity contribution in [3.8, 4) is 22.8 Å². The molecule has 0 amide bonds. The summed E-state index contributed by atoms with van der Waals surface area (Å²) in [6.07, 6.45) is 0. The molecule has 10 heteroatoms. The van der Waals surface area contributed by atoms with Crippen LogP contribution in [-0.2, 0) is 10.0 Å². The molecule has 3 aromatic rings. The standard InChI is InChI=1S/C21H22ClN3O4S2/c1-28-19-8-7-17(13-20(19)29-2)31(26,27)25-11-9-24(10-12-25)21-23-18(14-30-21)15-3-5-16(22)6-4-15/h3-8,13-14H,9-12H2,1-2H3. The molecule has 0 saturated carbocycles. The van der Waals surface area contributed by atoms with Crippen molar-refractivity contribution >= 4 is 38.1 Å². The summed E-state index contributed by atoms with van der Waals surface area (Å²) in [4.78, 5) is 7.03. The van der Waals surface area contributed by atoms with Crippen molar-refractivity contribution in [2.75, 3.05) is 45.3 Å². The largest absolute Gasteiger partial charge is 0.493 e. The van der Waals surface area contributed by atoms with Gasteiger partial charge in [0.05, 0.1) is 24.8 Å². The topological polar surface area (TPSA) is 72.0 Å². The lowest BCUT2D eigenvalue weighted by Crippen LogP contribution is -2.48. The van der Waals surface area contributed by atoms with E-state index < -0.39 is 10.0 Å². The second kappa shape index (κ2) is 9.04. The van der Waals surface area contributed by atoms with Crippen molar-refractivity contribution in [2.45, 2.75) is 4.90 Å². The Kier molecular flexibility index (Phi) is 6.38. The Labute approximate surface area is 190 Å². The van der Waals surface area contributed by atoms with Gasteiger partial charge in [-0.2, -0.15) is 4.31 Å². The van der Waals surface area contributed by atoms with E-state index in [2.05, 4.69) is 4.90 Å². The molecule has 1 aliphatic rings. The number of nitrogens with zero attached hydrogens (tertiary/aromatic N) is 3. The van der Waals surface area contributed by atoms with Crippen molar-refractivity contribution in [3.63, 3.8) is 0 Å². The van der Waals surface area contributed by atoms with Gasteiger partial charge in [0.15, 0.2) is 16.6 Å². The van der Waals surface area contributed by atoms with E-state index in [9.17, 15) is 8.42 Å². The molecule has 0 bridgehead atoms. The summed E-state index contributed by atoms with van der Waals surface area (Å²) >= 11 is 7.51. The third-order valence-electron chi connectivity index (χ3n) is 5.13. The molecular weight excluding hydrogens is 458 g/mol. The molecule has 1 aromatic heterocycles. The molecule has 4 rings (SSSR count). The van der Waals surface area contributed by atoms with Crippen LogP contribution in [0.1, 0.15) is 0 Å². The van der Waals surface area contributed by atoms with Gasteiger partial charge in [-0.05, 0) is 24.3 Å². The number of rotatable bonds is 6. The first-order valence-corrected chi connectivity index (χ1v) is 12.3. The van der Waals surface area contributed by atoms with E-state index in [-0.39, 0.29) is 4.90 Å². The summed E-state index contributed by atoms with van der Waals surface area (Å²) in [5, 5.41) is 3.57. The zero-order chi connectivity index (χ0) is 22.0. The first-order chi connectivity index (χ1) is 14.9. The molecule has 0 atom stereocenters. The lowest BCUT2D eigenvalue weighted by Gasteiger charge is -2.33. The molecule has 0 spiro atoms. The molecule has 164 valence electrons. The fourth-order valence-electron chi connectivity index (χ4n) is 3.41. The van der Waals surface area contributed by atoms with Gasteiger partial charge >= 0.3 is 0 Å². The zero-order valence-corrected chi connectivity index (χ0v) is 19.5. The number of benzene rings is 2. The second-order valence-electron chi connectivity index (χ2n) is 6.93. The normalized spacial score (nSPS) is 15.1. The Hall–Kier alpha value is -2.33. The van der Waals surface area contributed by atoms with Gasteiger partial charge in [0.2, 0.25) is 10.0 Å². The number of anilines is 1. The summed E-state index contributed by atoms with van der Waals surface area (Å²) in [6, 6.07) is 12.2. The maximum Gasteiger partial charge on any atom is 0.243 e. The lowest BCUT2D eigenvalue weighted by molar-refractivity contribution is 0.353. The molecule has 0 N–H and O–H groups in total. The Bertz CT molecular complexity index is 1160. The molecule has 7 nitrogen and oxygen atoms in total. The smallest absolute Gasteiger partial charge is 0.243 e. The van der Waals surface area contributed by atoms with Crippen LogP contribution in [-0.4, -0.2) is 58.1 Å². The predicted octanol–water partition coefficient (Wildman–Crippen LogP) is 3.99. The van der Waals surface area contributed by atoms with Crippen LogP contribution in [0.3, 0.4) is 0 Å². The monoisotopic (exact) mass is 479 g/mol. The van der Waals surface area contributed by atoms with Crippen LogP contribution in [0.4, 0.5) is 5.13 Å². The highest BCUT2D eigenvalue weighted by Gasteiger charge is 2.30. The van der Waals surface area contributed by atoms with Crippen LogP contribution in [0.25, 0.3) is 11.3 Å². The van der Waals surface area contributed by atoms with Crippen LogP contribution < -0.4 is 14.4 Å². The minimum atomic E-state index is -3.63. The van der Waals surface area contributed by atoms with E-state index in [4.69, 9.17) is 26.1 Å². The number of methoxy groups -OCH3 is 2. The van der Waals surface area contributed by atoms with Crippen molar-refractivity contribution in [1.82, 2.24) is 9.29 Å². The van der Waals surface area contributed by atoms with Crippen LogP contribution in [0.15, 0.2) is 52.7 Å². The van der Waals surface area contributed by atoms with Gasteiger partial charge in [-0.3, -0.25) is 0 Å². The number of sulfonamides is 1. The fourth-order valence-corrected chi connectivity index (χ4v) is 5.86. The molecule has 1 saturated heterocycles. The van der Waals surface area contributed by atoms with E-state index in [1.807, 2.05) is 29.6 Å². The minimum absolute atomic E-state index is 0.192. The van der Waals surface area contributed by atoms with Gasteiger partial charge in [-0.25, -0.2) is 13.4 Å². The highest BCUT2D eigenvalue weighted by atomic mass is 35.5. The molecule has 0 aliphatic carbocycles. The summed E-state index contributed by atoms with van der Waals surface area (Å²) in [7, 11) is -0.624. The summed E-state index contributed by atoms with van der Waals surface area (Å²) in [5.41, 5.74) is 1.89. The van der Waals surface area contributed by atoms with E-state index in [0.717, 1.165) is 16.4 Å². The van der Waals surface area contributed by atoms with Gasteiger partial charge < -0.3 is 14.4 Å². The zero-order valence-electron chi connectivity index (χ0n) is 17.1. The average Bonchev–Trinajstić information content (AvgIpc) is 3.29. The van der Waals surface area contributed by atoms with Gasteiger partial charge in [-0.1, -0.05) is 23.7 Å². The van der Waals surface area contributed by atoms with Crippen molar-refractivity contribution < 1.29 is 17.9 Å². The van der Waals surface area contributed by atoms with Crippen LogP contribution >= 0.6 is 22.9 Å². The van der Waals surface area contributed by atoms with Gasteiger partial charge in [-0.15, -0.1) is 11.3 Å². The SMILES string of the molecule is COc1ccc(S(=O)(=O)N2CCN(c3nc(-c4ccc(Cl)cc4)cs3)CC2)cc1OC. The number of thiazole rings is 1. The predicted molar refractivity (Wildman–Crippen MR) is 123 cm³/mol. The molecule has 1 fully saturated rings. The number of ether oxygens (including phenoxy) is 2. The average molecular weight is 480 g/mol. The van der Waals surface area contributed by atoms with E-state index in [0.29, 0.717) is 42.7 Å². The third kappa shape index (κ3) is 4.50. The van der Waals surface area contributed by atoms with Crippen molar-refractivity contribution in [1.29, 1.82) is 0 Å². The lowest BCUT2D eigenvalue weighted by atomic mass is 10.2. The Balaban J connectivity index is 1.45. The van der Waals surface area contributed by atoms with E-state index in [1.165, 1.54) is 24.6 Å². The summed E-state index contributed by atoms with van der Waals surface area (Å²) in [6.45, 7) is 1.90. The quantitative estimate of drug-likeness (QED) is 0.532. The highest BCUT2D eigenvalue weighted by Crippen LogP contribution is 2.32. The van der Waals surface area contributed by atoms with Crippen LogP contribution in [0.2, 0.25) is 5.02 Å². The maximum absolute atomic E-state index is 13.1. The van der Waals surface area contributed by atoms with E-state index in [1.54, 1.807) is 23.5 Å². The molecule has 2 aromatic carbocycles. The Morgan fingerprint density at radius 3 is 2.29 bits per heavy atom. The number of halogens is 1. The Morgan fingerprint density at radius 1 is 0.968 bits per heavy atom. The van der Waals surface area contributed by atoms with E-state index >= 15 is 0 Å². The van der Waals surface area contributed by atoms with Gasteiger partial charge in [0, 0.05) is 48.2 Å². The van der Waals surface area contributed by atoms with Crippen LogP contribution in [0, 0.1) is 0 Å². The van der Waals surface area contributed by atoms with Crippen molar-refractivity contribution in [3.05, 3.63) is 52.9 Å². The van der Waals surface area contributed by atoms with Gasteiger partial charge in [0.1, 0.15) is 0 Å². The fraction of sp³-hybridized carbons (Fsp3) is 0.286. The molecule has 0 radical (unpaired) electrons. The molecule has 31 heavy (non-hydrogen) atoms. The summed E-state index contributed by atoms with van der Waals surface area (Å²) in [5.74, 6) is 0.881. The molecule has 2 heterocycles. The molecule has 0 unspecified atom stereocenters. The molecule has 1 aliphatic heterocycles. The Morgan fingerprint density at radius 2 is 1.65 bits per heavy atom. The third-order valence-corrected chi connectivity index (χ3v) is 8.18. The molecular formula is C21H22ClN3O4S2. The first-order valence-electron chi connectivity index (χ1n) is 9.61. The van der Waals surface area contributed by atoms with Gasteiger partial charge in [0.25, 0.3) is 0 Å².